The molecule has 1 unspecified atom stereocenters. The van der Waals surface area contributed by atoms with Gasteiger partial charge in [0.1, 0.15) is 5.69 Å². The van der Waals surface area contributed by atoms with Crippen LogP contribution < -0.4 is 11.1 Å². The number of aromatic nitrogens is 2. The van der Waals surface area contributed by atoms with Gasteiger partial charge in [-0.15, -0.1) is 0 Å². The largest absolute Gasteiger partial charge is 0.396 e. The molecule has 0 spiro atoms. The van der Waals surface area contributed by atoms with E-state index in [4.69, 9.17) is 10.8 Å². The van der Waals surface area contributed by atoms with Crippen LogP contribution in [0.2, 0.25) is 0 Å². The summed E-state index contributed by atoms with van der Waals surface area (Å²) in [6, 6.07) is -0.0863. The van der Waals surface area contributed by atoms with Crippen LogP contribution in [0.5, 0.6) is 0 Å². The number of rotatable bonds is 4. The van der Waals surface area contributed by atoms with E-state index in [9.17, 15) is 4.79 Å². The van der Waals surface area contributed by atoms with Gasteiger partial charge in [-0.25, -0.2) is 0 Å². The Morgan fingerprint density at radius 2 is 2.47 bits per heavy atom. The summed E-state index contributed by atoms with van der Waals surface area (Å²) in [7, 11) is 1.65. The molecule has 1 rings (SSSR count). The number of nitrogens with two attached hydrogens (primary N) is 1. The van der Waals surface area contributed by atoms with Gasteiger partial charge in [0.15, 0.2) is 0 Å². The number of hydrogen-bond donors (Lipinski definition) is 3. The van der Waals surface area contributed by atoms with Gasteiger partial charge in [0.05, 0.1) is 11.9 Å². The third-order valence-electron chi connectivity index (χ3n) is 2.12. The zero-order valence-electron chi connectivity index (χ0n) is 8.90. The highest BCUT2D eigenvalue weighted by atomic mass is 16.3. The van der Waals surface area contributed by atoms with Crippen LogP contribution in [0.3, 0.4) is 0 Å². The van der Waals surface area contributed by atoms with Crippen LogP contribution in [0.1, 0.15) is 23.8 Å². The molecule has 0 saturated carbocycles. The topological polar surface area (TPSA) is 93.2 Å². The minimum Gasteiger partial charge on any atom is -0.396 e. The fraction of sp³-hybridized carbons (Fsp3) is 0.556. The molecule has 0 aliphatic rings. The Hall–Kier alpha value is -1.56. The Kier molecular flexibility index (Phi) is 3.68. The van der Waals surface area contributed by atoms with E-state index in [0.717, 1.165) is 0 Å². The van der Waals surface area contributed by atoms with Gasteiger partial charge in [-0.05, 0) is 13.3 Å². The summed E-state index contributed by atoms with van der Waals surface area (Å²) in [5.74, 6) is -0.270. The van der Waals surface area contributed by atoms with Gasteiger partial charge in [-0.1, -0.05) is 0 Å². The number of amides is 1. The van der Waals surface area contributed by atoms with Crippen molar-refractivity contribution in [2.45, 2.75) is 19.4 Å². The lowest BCUT2D eigenvalue weighted by Gasteiger charge is -2.12. The Morgan fingerprint density at radius 3 is 2.93 bits per heavy atom. The number of aryl methyl sites for hydroxylation is 1. The van der Waals surface area contributed by atoms with E-state index in [-0.39, 0.29) is 18.6 Å². The fourth-order valence-electron chi connectivity index (χ4n) is 1.29. The van der Waals surface area contributed by atoms with Crippen molar-refractivity contribution in [2.75, 3.05) is 12.3 Å². The molecule has 0 aliphatic carbocycles. The van der Waals surface area contributed by atoms with Crippen molar-refractivity contribution in [2.24, 2.45) is 7.05 Å². The first-order valence-corrected chi connectivity index (χ1v) is 4.75. The molecule has 1 heterocycles. The SMILES string of the molecule is CC(CCO)NC(=O)c1c(N)cnn1C. The van der Waals surface area contributed by atoms with Gasteiger partial charge in [0.2, 0.25) is 0 Å². The summed E-state index contributed by atoms with van der Waals surface area (Å²) in [5.41, 5.74) is 6.30. The molecule has 6 heteroatoms. The van der Waals surface area contributed by atoms with E-state index >= 15 is 0 Å². The molecule has 0 aromatic carbocycles. The number of nitrogens with zero attached hydrogens (tertiary/aromatic N) is 2. The maximum absolute atomic E-state index is 11.7. The third kappa shape index (κ3) is 2.69. The lowest BCUT2D eigenvalue weighted by Crippen LogP contribution is -2.34. The third-order valence-corrected chi connectivity index (χ3v) is 2.12. The van der Waals surface area contributed by atoms with Gasteiger partial charge < -0.3 is 16.2 Å². The Morgan fingerprint density at radius 1 is 1.80 bits per heavy atom. The highest BCUT2D eigenvalue weighted by Gasteiger charge is 2.16. The minimum atomic E-state index is -0.270. The Labute approximate surface area is 88.1 Å². The molecule has 15 heavy (non-hydrogen) atoms. The quantitative estimate of drug-likeness (QED) is 0.627. The zero-order valence-corrected chi connectivity index (χ0v) is 8.90. The summed E-state index contributed by atoms with van der Waals surface area (Å²) in [6.07, 6.45) is 1.95. The molecule has 0 bridgehead atoms. The van der Waals surface area contributed by atoms with Crippen molar-refractivity contribution < 1.29 is 9.90 Å². The lowest BCUT2D eigenvalue weighted by atomic mass is 10.2. The van der Waals surface area contributed by atoms with Gasteiger partial charge in [0, 0.05) is 19.7 Å². The first-order chi connectivity index (χ1) is 7.06. The van der Waals surface area contributed by atoms with Gasteiger partial charge in [0.25, 0.3) is 5.91 Å². The summed E-state index contributed by atoms with van der Waals surface area (Å²) in [4.78, 5) is 11.7. The van der Waals surface area contributed by atoms with Crippen LogP contribution in [0.4, 0.5) is 5.69 Å². The molecular weight excluding hydrogens is 196 g/mol. The van der Waals surface area contributed by atoms with Crippen molar-refractivity contribution in [3.63, 3.8) is 0 Å². The molecule has 0 aliphatic heterocycles. The van der Waals surface area contributed by atoms with Crippen molar-refractivity contribution in [1.29, 1.82) is 0 Å². The number of carbonyl (C=O) groups is 1. The molecule has 1 aromatic heterocycles. The smallest absolute Gasteiger partial charge is 0.271 e. The Balaban J connectivity index is 2.69. The summed E-state index contributed by atoms with van der Waals surface area (Å²) in [6.45, 7) is 1.86. The van der Waals surface area contributed by atoms with Crippen molar-refractivity contribution >= 4 is 11.6 Å². The molecule has 0 saturated heterocycles. The zero-order chi connectivity index (χ0) is 11.4. The molecule has 4 N–H and O–H groups in total. The number of anilines is 1. The molecule has 1 atom stereocenters. The second-order valence-electron chi connectivity index (χ2n) is 3.46. The molecule has 6 nitrogen and oxygen atoms in total. The predicted molar refractivity (Wildman–Crippen MR) is 56.3 cm³/mol. The number of nitrogens with one attached hydrogen (secondary N) is 1. The second kappa shape index (κ2) is 4.79. The Bertz CT molecular complexity index is 328. The summed E-state index contributed by atoms with van der Waals surface area (Å²) >= 11 is 0. The summed E-state index contributed by atoms with van der Waals surface area (Å²) < 4.78 is 1.43. The first kappa shape index (κ1) is 11.5. The number of hydrogen-bond acceptors (Lipinski definition) is 4. The van der Waals surface area contributed by atoms with Crippen LogP contribution in [0.25, 0.3) is 0 Å². The van der Waals surface area contributed by atoms with Gasteiger partial charge in [-0.3, -0.25) is 9.48 Å². The molecule has 84 valence electrons. The van der Waals surface area contributed by atoms with E-state index in [0.29, 0.717) is 17.8 Å². The van der Waals surface area contributed by atoms with Crippen LogP contribution in [0, 0.1) is 0 Å². The van der Waals surface area contributed by atoms with E-state index in [1.54, 1.807) is 7.05 Å². The average molecular weight is 212 g/mol. The molecule has 0 fully saturated rings. The predicted octanol–water partition coefficient (Wildman–Crippen LogP) is -0.497. The standard InChI is InChI=1S/C9H16N4O2/c1-6(3-4-14)12-9(15)8-7(10)5-11-13(8)2/h5-6,14H,3-4,10H2,1-2H3,(H,12,15). The van der Waals surface area contributed by atoms with Crippen molar-refractivity contribution in [1.82, 2.24) is 15.1 Å². The molecule has 1 amide bonds. The number of carbonyl (C=O) groups excluding carboxylic acids is 1. The summed E-state index contributed by atoms with van der Waals surface area (Å²) in [5, 5.41) is 15.3. The van der Waals surface area contributed by atoms with Crippen molar-refractivity contribution in [3.8, 4) is 0 Å². The number of aliphatic hydroxyl groups is 1. The monoisotopic (exact) mass is 212 g/mol. The highest BCUT2D eigenvalue weighted by Crippen LogP contribution is 2.09. The fourth-order valence-corrected chi connectivity index (χ4v) is 1.29. The maximum Gasteiger partial charge on any atom is 0.271 e. The normalized spacial score (nSPS) is 12.5. The van der Waals surface area contributed by atoms with E-state index in [2.05, 4.69) is 10.4 Å². The van der Waals surface area contributed by atoms with Gasteiger partial charge >= 0.3 is 0 Å². The highest BCUT2D eigenvalue weighted by molar-refractivity contribution is 5.97. The van der Waals surface area contributed by atoms with E-state index in [1.807, 2.05) is 6.92 Å². The van der Waals surface area contributed by atoms with Gasteiger partial charge in [-0.2, -0.15) is 5.10 Å². The second-order valence-corrected chi connectivity index (χ2v) is 3.46. The number of aliphatic hydroxyl groups excluding tert-OH is 1. The van der Waals surface area contributed by atoms with Crippen molar-refractivity contribution in [3.05, 3.63) is 11.9 Å². The first-order valence-electron chi connectivity index (χ1n) is 4.75. The minimum absolute atomic E-state index is 0.0440. The van der Waals surface area contributed by atoms with Crippen LogP contribution in [-0.4, -0.2) is 33.4 Å². The lowest BCUT2D eigenvalue weighted by molar-refractivity contribution is 0.0926. The van der Waals surface area contributed by atoms with E-state index in [1.165, 1.54) is 10.9 Å². The van der Waals surface area contributed by atoms with Crippen LogP contribution >= 0.6 is 0 Å². The average Bonchev–Trinajstić information content (AvgIpc) is 2.46. The molecule has 1 aromatic rings. The van der Waals surface area contributed by atoms with E-state index < -0.39 is 0 Å². The van der Waals surface area contributed by atoms with Crippen LogP contribution in [0.15, 0.2) is 6.20 Å². The molecular formula is C9H16N4O2. The maximum atomic E-state index is 11.7. The molecule has 0 radical (unpaired) electrons. The van der Waals surface area contributed by atoms with Crippen LogP contribution in [-0.2, 0) is 7.05 Å². The number of nitrogen functional groups attached to an aromatic ring is 1.